The lowest BCUT2D eigenvalue weighted by molar-refractivity contribution is -0.136. The van der Waals surface area contributed by atoms with Crippen LogP contribution in [0, 0.1) is 12.8 Å². The number of pyridine rings is 1. The van der Waals surface area contributed by atoms with Crippen LogP contribution in [0.3, 0.4) is 0 Å². The van der Waals surface area contributed by atoms with Crippen molar-refractivity contribution in [2.75, 3.05) is 26.2 Å². The first-order valence-corrected chi connectivity index (χ1v) is 9.66. The molecule has 0 bridgehead atoms. The van der Waals surface area contributed by atoms with Crippen molar-refractivity contribution in [2.24, 2.45) is 5.92 Å². The maximum absolute atomic E-state index is 13.0. The lowest BCUT2D eigenvalue weighted by Crippen LogP contribution is -2.41. The Morgan fingerprint density at radius 1 is 1.25 bits per heavy atom. The molecule has 3 rings (SSSR count). The number of nitrogens with zero attached hydrogens (tertiary/aromatic N) is 2. The SMILES string of the molecule is CCCCc1nc(C)ccc1C1CNC[C@H]1C(=O)N1CCCCC1. The molecule has 2 aliphatic heterocycles. The summed E-state index contributed by atoms with van der Waals surface area (Å²) in [6, 6.07) is 4.33. The van der Waals surface area contributed by atoms with E-state index in [9.17, 15) is 4.79 Å². The van der Waals surface area contributed by atoms with Crippen LogP contribution in [0.1, 0.15) is 61.9 Å². The van der Waals surface area contributed by atoms with Crippen LogP contribution in [-0.2, 0) is 11.2 Å². The van der Waals surface area contributed by atoms with E-state index in [0.29, 0.717) is 5.91 Å². The highest BCUT2D eigenvalue weighted by Crippen LogP contribution is 2.32. The third-order valence-electron chi connectivity index (χ3n) is 5.51. The number of hydrogen-bond donors (Lipinski definition) is 1. The Labute approximate surface area is 146 Å². The van der Waals surface area contributed by atoms with Crippen LogP contribution in [0.4, 0.5) is 0 Å². The summed E-state index contributed by atoms with van der Waals surface area (Å²) >= 11 is 0. The van der Waals surface area contributed by atoms with Gasteiger partial charge in [0.05, 0.1) is 5.92 Å². The van der Waals surface area contributed by atoms with Crippen LogP contribution in [0.15, 0.2) is 12.1 Å². The van der Waals surface area contributed by atoms with Crippen molar-refractivity contribution < 1.29 is 4.79 Å². The van der Waals surface area contributed by atoms with Gasteiger partial charge in [0, 0.05) is 43.5 Å². The van der Waals surface area contributed by atoms with Crippen molar-refractivity contribution in [3.05, 3.63) is 29.1 Å². The summed E-state index contributed by atoms with van der Waals surface area (Å²) in [5.74, 6) is 0.707. The molecule has 0 spiro atoms. The Morgan fingerprint density at radius 3 is 2.79 bits per heavy atom. The molecule has 4 nitrogen and oxygen atoms in total. The molecule has 0 saturated carbocycles. The predicted octanol–water partition coefficient (Wildman–Crippen LogP) is 3.05. The molecule has 0 radical (unpaired) electrons. The zero-order valence-corrected chi connectivity index (χ0v) is 15.2. The number of piperidine rings is 1. The Morgan fingerprint density at radius 2 is 2.04 bits per heavy atom. The maximum Gasteiger partial charge on any atom is 0.227 e. The number of aromatic nitrogens is 1. The molecule has 1 N–H and O–H groups in total. The number of hydrogen-bond acceptors (Lipinski definition) is 3. The van der Waals surface area contributed by atoms with Crippen LogP contribution in [-0.4, -0.2) is 42.0 Å². The molecule has 0 aliphatic carbocycles. The van der Waals surface area contributed by atoms with Gasteiger partial charge in [-0.2, -0.15) is 0 Å². The predicted molar refractivity (Wildman–Crippen MR) is 97.1 cm³/mol. The smallest absolute Gasteiger partial charge is 0.227 e. The van der Waals surface area contributed by atoms with Crippen LogP contribution in [0.25, 0.3) is 0 Å². The minimum Gasteiger partial charge on any atom is -0.342 e. The van der Waals surface area contributed by atoms with Gasteiger partial charge in [-0.25, -0.2) is 0 Å². The highest BCUT2D eigenvalue weighted by molar-refractivity contribution is 5.80. The number of aryl methyl sites for hydroxylation is 2. The lowest BCUT2D eigenvalue weighted by atomic mass is 9.85. The van der Waals surface area contributed by atoms with E-state index in [1.54, 1.807) is 0 Å². The Hall–Kier alpha value is -1.42. The fraction of sp³-hybridized carbons (Fsp3) is 0.700. The Balaban J connectivity index is 1.80. The second-order valence-electron chi connectivity index (χ2n) is 7.35. The van der Waals surface area contributed by atoms with E-state index in [1.165, 1.54) is 24.1 Å². The highest BCUT2D eigenvalue weighted by atomic mass is 16.2. The van der Waals surface area contributed by atoms with Gasteiger partial charge in [-0.3, -0.25) is 9.78 Å². The van der Waals surface area contributed by atoms with Crippen LogP contribution < -0.4 is 5.32 Å². The summed E-state index contributed by atoms with van der Waals surface area (Å²) in [5, 5.41) is 3.46. The first-order chi connectivity index (χ1) is 11.7. The van der Waals surface area contributed by atoms with Gasteiger partial charge in [-0.05, 0) is 50.7 Å². The van der Waals surface area contributed by atoms with E-state index in [4.69, 9.17) is 4.98 Å². The zero-order valence-electron chi connectivity index (χ0n) is 15.2. The van der Waals surface area contributed by atoms with Crippen LogP contribution in [0.2, 0.25) is 0 Å². The molecule has 4 heteroatoms. The second kappa shape index (κ2) is 8.11. The summed E-state index contributed by atoms with van der Waals surface area (Å²) in [7, 11) is 0. The lowest BCUT2D eigenvalue weighted by Gasteiger charge is -2.31. The molecule has 2 aliphatic rings. The molecule has 1 aromatic rings. The summed E-state index contributed by atoms with van der Waals surface area (Å²) in [6.07, 6.45) is 6.94. The van der Waals surface area contributed by atoms with Crippen molar-refractivity contribution >= 4 is 5.91 Å². The van der Waals surface area contributed by atoms with E-state index < -0.39 is 0 Å². The fourth-order valence-electron chi connectivity index (χ4n) is 4.12. The molecule has 1 aromatic heterocycles. The maximum atomic E-state index is 13.0. The monoisotopic (exact) mass is 329 g/mol. The molecule has 2 atom stereocenters. The van der Waals surface area contributed by atoms with E-state index >= 15 is 0 Å². The van der Waals surface area contributed by atoms with Gasteiger partial charge in [-0.1, -0.05) is 19.4 Å². The summed E-state index contributed by atoms with van der Waals surface area (Å²) in [4.78, 5) is 19.9. The van der Waals surface area contributed by atoms with Gasteiger partial charge in [0.1, 0.15) is 0 Å². The minimum atomic E-state index is 0.0768. The first kappa shape index (κ1) is 17.4. The van der Waals surface area contributed by atoms with Crippen LogP contribution >= 0.6 is 0 Å². The summed E-state index contributed by atoms with van der Waals surface area (Å²) < 4.78 is 0. The topological polar surface area (TPSA) is 45.2 Å². The highest BCUT2D eigenvalue weighted by Gasteiger charge is 2.37. The quantitative estimate of drug-likeness (QED) is 0.903. The largest absolute Gasteiger partial charge is 0.342 e. The molecule has 1 amide bonds. The van der Waals surface area contributed by atoms with E-state index in [-0.39, 0.29) is 11.8 Å². The molecule has 2 fully saturated rings. The number of amides is 1. The molecule has 3 heterocycles. The van der Waals surface area contributed by atoms with Crippen molar-refractivity contribution in [2.45, 2.75) is 58.3 Å². The Bertz CT molecular complexity index is 566. The molecule has 24 heavy (non-hydrogen) atoms. The average Bonchev–Trinajstić information content (AvgIpc) is 3.09. The number of unbranched alkanes of at least 4 members (excludes halogenated alkanes) is 1. The normalized spacial score (nSPS) is 24.3. The number of nitrogens with one attached hydrogen (secondary N) is 1. The first-order valence-electron chi connectivity index (χ1n) is 9.66. The van der Waals surface area contributed by atoms with E-state index in [2.05, 4.69) is 36.2 Å². The molecular formula is C20H31N3O. The minimum absolute atomic E-state index is 0.0768. The number of carbonyl (C=O) groups is 1. The molecular weight excluding hydrogens is 298 g/mol. The van der Waals surface area contributed by atoms with Crippen molar-refractivity contribution in [3.63, 3.8) is 0 Å². The molecule has 0 aromatic carbocycles. The molecule has 1 unspecified atom stereocenters. The third-order valence-corrected chi connectivity index (χ3v) is 5.51. The third kappa shape index (κ3) is 3.80. The van der Waals surface area contributed by atoms with Gasteiger partial charge < -0.3 is 10.2 Å². The van der Waals surface area contributed by atoms with Crippen molar-refractivity contribution in [1.29, 1.82) is 0 Å². The van der Waals surface area contributed by atoms with Gasteiger partial charge in [0.2, 0.25) is 5.91 Å². The Kier molecular flexibility index (Phi) is 5.88. The van der Waals surface area contributed by atoms with Gasteiger partial charge in [-0.15, -0.1) is 0 Å². The molecule has 132 valence electrons. The average molecular weight is 329 g/mol. The second-order valence-corrected chi connectivity index (χ2v) is 7.35. The fourth-order valence-corrected chi connectivity index (χ4v) is 4.12. The summed E-state index contributed by atoms with van der Waals surface area (Å²) in [6.45, 7) is 7.86. The summed E-state index contributed by atoms with van der Waals surface area (Å²) in [5.41, 5.74) is 3.59. The zero-order chi connectivity index (χ0) is 16.9. The number of likely N-dealkylation sites (tertiary alicyclic amines) is 1. The molecule has 2 saturated heterocycles. The van der Waals surface area contributed by atoms with Gasteiger partial charge >= 0.3 is 0 Å². The standard InChI is InChI=1S/C20H31N3O/c1-3-4-8-19-16(10-9-15(2)22-19)17-13-21-14-18(17)20(24)23-11-6-5-7-12-23/h9-10,17-18,21H,3-8,11-14H2,1-2H3/t17?,18-/m1/s1. The van der Waals surface area contributed by atoms with Gasteiger partial charge in [0.25, 0.3) is 0 Å². The van der Waals surface area contributed by atoms with Crippen LogP contribution in [0.5, 0.6) is 0 Å². The van der Waals surface area contributed by atoms with Crippen molar-refractivity contribution in [3.8, 4) is 0 Å². The van der Waals surface area contributed by atoms with E-state index in [0.717, 1.165) is 57.6 Å². The van der Waals surface area contributed by atoms with E-state index in [1.807, 2.05) is 0 Å². The number of rotatable bonds is 5. The number of carbonyl (C=O) groups excluding carboxylic acids is 1. The van der Waals surface area contributed by atoms with Crippen molar-refractivity contribution in [1.82, 2.24) is 15.2 Å². The van der Waals surface area contributed by atoms with Gasteiger partial charge in [0.15, 0.2) is 0 Å².